The van der Waals surface area contributed by atoms with Gasteiger partial charge in [-0.15, -0.1) is 0 Å². The van der Waals surface area contributed by atoms with E-state index in [-0.39, 0.29) is 5.91 Å². The van der Waals surface area contributed by atoms with Crippen molar-refractivity contribution in [2.75, 3.05) is 73.0 Å². The third kappa shape index (κ3) is 6.20. The molecule has 0 bridgehead atoms. The molecule has 0 atom stereocenters. The lowest BCUT2D eigenvalue weighted by Gasteiger charge is -2.36. The molecule has 0 radical (unpaired) electrons. The van der Waals surface area contributed by atoms with Gasteiger partial charge in [-0.2, -0.15) is 0 Å². The number of nitrogens with zero attached hydrogens (tertiary/aromatic N) is 4. The lowest BCUT2D eigenvalue weighted by Crippen LogP contribution is -2.49. The lowest BCUT2D eigenvalue weighted by molar-refractivity contribution is -0.129. The van der Waals surface area contributed by atoms with Crippen LogP contribution < -0.4 is 0 Å². The van der Waals surface area contributed by atoms with Gasteiger partial charge < -0.3 is 9.80 Å². The molecule has 5 heteroatoms. The molecule has 1 rings (SSSR count). The molecule has 1 aliphatic heterocycles. The van der Waals surface area contributed by atoms with Gasteiger partial charge in [-0.25, -0.2) is 0 Å². The summed E-state index contributed by atoms with van der Waals surface area (Å²) in [5, 5.41) is 0. The van der Waals surface area contributed by atoms with Gasteiger partial charge in [-0.05, 0) is 13.6 Å². The molecule has 1 heterocycles. The summed E-state index contributed by atoms with van der Waals surface area (Å²) in [6.45, 7) is 14.0. The Morgan fingerprint density at radius 1 is 0.950 bits per heavy atom. The van der Waals surface area contributed by atoms with Gasteiger partial charge in [0, 0.05) is 65.8 Å². The quantitative estimate of drug-likeness (QED) is 0.646. The van der Waals surface area contributed by atoms with Crippen molar-refractivity contribution in [3.63, 3.8) is 0 Å². The predicted molar refractivity (Wildman–Crippen MR) is 84.0 cm³/mol. The lowest BCUT2D eigenvalue weighted by atomic mass is 10.3. The van der Waals surface area contributed by atoms with E-state index >= 15 is 0 Å². The monoisotopic (exact) mass is 284 g/mol. The van der Waals surface area contributed by atoms with Crippen LogP contribution in [0.2, 0.25) is 0 Å². The van der Waals surface area contributed by atoms with Crippen molar-refractivity contribution in [3.05, 3.63) is 0 Å². The molecular formula is C15H32N4O. The summed E-state index contributed by atoms with van der Waals surface area (Å²) < 4.78 is 0. The number of carbonyl (C=O) groups is 1. The van der Waals surface area contributed by atoms with Crippen molar-refractivity contribution < 1.29 is 4.79 Å². The van der Waals surface area contributed by atoms with Crippen LogP contribution in [0.1, 0.15) is 20.3 Å². The Balaban J connectivity index is 2.14. The smallest absolute Gasteiger partial charge is 0.222 e. The molecule has 1 amide bonds. The van der Waals surface area contributed by atoms with E-state index in [1.807, 2.05) is 18.9 Å². The summed E-state index contributed by atoms with van der Waals surface area (Å²) in [6, 6.07) is 0. The molecule has 20 heavy (non-hydrogen) atoms. The molecule has 1 fully saturated rings. The SMILES string of the molecule is CCC(=O)N(C)CCN1CCN(CCN(C)CC)CC1. The first-order chi connectivity index (χ1) is 9.56. The van der Waals surface area contributed by atoms with Crippen molar-refractivity contribution in [2.45, 2.75) is 20.3 Å². The highest BCUT2D eigenvalue weighted by atomic mass is 16.2. The van der Waals surface area contributed by atoms with Crippen LogP contribution in [0.25, 0.3) is 0 Å². The number of amides is 1. The maximum absolute atomic E-state index is 11.5. The Kier molecular flexibility index (Phi) is 8.11. The van der Waals surface area contributed by atoms with Crippen LogP contribution in [0.5, 0.6) is 0 Å². The third-order valence-electron chi connectivity index (χ3n) is 4.28. The third-order valence-corrected chi connectivity index (χ3v) is 4.28. The average Bonchev–Trinajstić information content (AvgIpc) is 2.50. The van der Waals surface area contributed by atoms with Crippen LogP contribution in [0.3, 0.4) is 0 Å². The molecule has 1 aliphatic rings. The summed E-state index contributed by atoms with van der Waals surface area (Å²) in [5.74, 6) is 0.242. The number of hydrogen-bond acceptors (Lipinski definition) is 4. The van der Waals surface area contributed by atoms with E-state index in [0.29, 0.717) is 6.42 Å². The largest absolute Gasteiger partial charge is 0.344 e. The molecular weight excluding hydrogens is 252 g/mol. The van der Waals surface area contributed by atoms with Gasteiger partial charge in [-0.3, -0.25) is 14.6 Å². The molecule has 0 spiro atoms. The molecule has 0 aliphatic carbocycles. The number of rotatable bonds is 8. The second-order valence-electron chi connectivity index (χ2n) is 5.75. The standard InChI is InChI=1S/C15H32N4O/c1-5-15(20)17(4)8-10-19-13-11-18(12-14-19)9-7-16(3)6-2/h5-14H2,1-4H3. The van der Waals surface area contributed by atoms with Crippen molar-refractivity contribution in [1.29, 1.82) is 0 Å². The average molecular weight is 284 g/mol. The van der Waals surface area contributed by atoms with Crippen LogP contribution in [0.15, 0.2) is 0 Å². The fourth-order valence-corrected chi connectivity index (χ4v) is 2.39. The zero-order valence-electron chi connectivity index (χ0n) is 13.8. The fourth-order valence-electron chi connectivity index (χ4n) is 2.39. The summed E-state index contributed by atoms with van der Waals surface area (Å²) in [4.78, 5) is 20.7. The minimum atomic E-state index is 0.242. The van der Waals surface area contributed by atoms with Crippen LogP contribution in [-0.2, 0) is 4.79 Å². The molecule has 1 saturated heterocycles. The molecule has 0 N–H and O–H groups in total. The minimum absolute atomic E-state index is 0.242. The van der Waals surface area contributed by atoms with E-state index in [4.69, 9.17) is 0 Å². The van der Waals surface area contributed by atoms with Gasteiger partial charge in [0.05, 0.1) is 0 Å². The van der Waals surface area contributed by atoms with E-state index in [1.54, 1.807) is 0 Å². The van der Waals surface area contributed by atoms with Crippen molar-refractivity contribution in [2.24, 2.45) is 0 Å². The zero-order chi connectivity index (χ0) is 15.0. The minimum Gasteiger partial charge on any atom is -0.344 e. The van der Waals surface area contributed by atoms with E-state index in [0.717, 1.165) is 52.4 Å². The number of carbonyl (C=O) groups excluding carboxylic acids is 1. The first-order valence-electron chi connectivity index (χ1n) is 7.94. The molecule has 0 aromatic carbocycles. The Morgan fingerprint density at radius 2 is 1.45 bits per heavy atom. The molecule has 0 saturated carbocycles. The van der Waals surface area contributed by atoms with E-state index in [1.165, 1.54) is 6.54 Å². The van der Waals surface area contributed by atoms with Gasteiger partial charge >= 0.3 is 0 Å². The molecule has 118 valence electrons. The summed E-state index contributed by atoms with van der Waals surface area (Å²) in [7, 11) is 4.08. The molecule has 0 aromatic heterocycles. The van der Waals surface area contributed by atoms with E-state index < -0.39 is 0 Å². The fraction of sp³-hybridized carbons (Fsp3) is 0.933. The molecule has 0 unspecified atom stereocenters. The highest BCUT2D eigenvalue weighted by Gasteiger charge is 2.17. The van der Waals surface area contributed by atoms with Gasteiger partial charge in [0.1, 0.15) is 0 Å². The first-order valence-corrected chi connectivity index (χ1v) is 7.94. The van der Waals surface area contributed by atoms with Crippen LogP contribution in [-0.4, -0.2) is 98.5 Å². The molecule has 0 aromatic rings. The Bertz CT molecular complexity index is 277. The summed E-state index contributed by atoms with van der Waals surface area (Å²) in [6.07, 6.45) is 0.606. The van der Waals surface area contributed by atoms with Gasteiger partial charge in [0.25, 0.3) is 0 Å². The molecule has 5 nitrogen and oxygen atoms in total. The van der Waals surface area contributed by atoms with Crippen LogP contribution in [0.4, 0.5) is 0 Å². The van der Waals surface area contributed by atoms with Gasteiger partial charge in [0.2, 0.25) is 5.91 Å². The van der Waals surface area contributed by atoms with Crippen molar-refractivity contribution in [1.82, 2.24) is 19.6 Å². The topological polar surface area (TPSA) is 30.0 Å². The maximum Gasteiger partial charge on any atom is 0.222 e. The normalized spacial score (nSPS) is 17.6. The number of piperazine rings is 1. The predicted octanol–water partition coefficient (Wildman–Crippen LogP) is 0.424. The highest BCUT2D eigenvalue weighted by molar-refractivity contribution is 5.75. The van der Waals surface area contributed by atoms with Gasteiger partial charge in [0.15, 0.2) is 0 Å². The second-order valence-corrected chi connectivity index (χ2v) is 5.75. The van der Waals surface area contributed by atoms with E-state index in [9.17, 15) is 4.79 Å². The van der Waals surface area contributed by atoms with Crippen molar-refractivity contribution in [3.8, 4) is 0 Å². The van der Waals surface area contributed by atoms with Crippen LogP contribution in [0, 0.1) is 0 Å². The van der Waals surface area contributed by atoms with Gasteiger partial charge in [-0.1, -0.05) is 13.8 Å². The van der Waals surface area contributed by atoms with Crippen LogP contribution >= 0.6 is 0 Å². The Labute approximate surface area is 124 Å². The summed E-state index contributed by atoms with van der Waals surface area (Å²) >= 11 is 0. The Morgan fingerprint density at radius 3 is 1.90 bits per heavy atom. The maximum atomic E-state index is 11.5. The van der Waals surface area contributed by atoms with E-state index in [2.05, 4.69) is 28.7 Å². The zero-order valence-corrected chi connectivity index (χ0v) is 13.8. The highest BCUT2D eigenvalue weighted by Crippen LogP contribution is 2.02. The summed E-state index contributed by atoms with van der Waals surface area (Å²) in [5.41, 5.74) is 0. The Hall–Kier alpha value is -0.650. The second kappa shape index (κ2) is 9.32. The number of likely N-dealkylation sites (N-methyl/N-ethyl adjacent to an activating group) is 2. The first kappa shape index (κ1) is 17.4. The van der Waals surface area contributed by atoms with Crippen molar-refractivity contribution >= 4 is 5.91 Å². The number of hydrogen-bond donors (Lipinski definition) is 0.